The number of para-hydroxylation sites is 2. The van der Waals surface area contributed by atoms with Crippen LogP contribution in [0.3, 0.4) is 0 Å². The molecule has 0 aliphatic carbocycles. The fraction of sp³-hybridized carbons (Fsp3) is 0.0244. The molecule has 406 valence electrons. The number of fused-ring (bicyclic) bond motifs is 2. The number of anilines is 9. The number of nitrogens with zero attached hydrogens (tertiary/aromatic N) is 3. The molecule has 14 rings (SSSR count). The van der Waals surface area contributed by atoms with Crippen LogP contribution >= 0.6 is 0 Å². The van der Waals surface area contributed by atoms with Crippen LogP contribution in [0.4, 0.5) is 51.2 Å². The summed E-state index contributed by atoms with van der Waals surface area (Å²) in [6.45, 7) is 0. The van der Waals surface area contributed by atoms with Gasteiger partial charge in [-0.15, -0.1) is 0 Å². The molecular weight excluding hydrogens is 1030 g/mol. The van der Waals surface area contributed by atoms with Gasteiger partial charge in [-0.1, -0.05) is 268 Å². The Hall–Kier alpha value is -11.0. The van der Waals surface area contributed by atoms with E-state index < -0.39 is 5.41 Å². The Balaban J connectivity index is 0.00000672. The standard InChI is InChI=1S/C81H59N3.CH4/c1-6-26-66(27-7-1)81(67-28-8-2-9-29-67,68-30-10-3-11-31-68)69-48-58-74(59-49-69)82(72-50-40-60(41-51-72)62-44-54-75(55-45-62)83(70-32-12-4-13-33-70)79-38-20-24-64-22-16-18-36-77(64)79)73-52-42-61(43-53-73)63-46-56-76(57-47-63)84(71-34-14-5-15-35-71)80-39-21-25-65-23-17-19-37-78(65)80;/h1-59H;1H4. The van der Waals surface area contributed by atoms with E-state index in [0.29, 0.717) is 0 Å². The maximum Gasteiger partial charge on any atom is 0.0701 e. The van der Waals surface area contributed by atoms with E-state index in [1.54, 1.807) is 0 Å². The second-order valence-electron chi connectivity index (χ2n) is 21.3. The van der Waals surface area contributed by atoms with E-state index >= 15 is 0 Å². The van der Waals surface area contributed by atoms with Crippen LogP contribution in [0, 0.1) is 0 Å². The summed E-state index contributed by atoms with van der Waals surface area (Å²) >= 11 is 0. The average Bonchev–Trinajstić information content (AvgIpc) is 1.25. The summed E-state index contributed by atoms with van der Waals surface area (Å²) in [4.78, 5) is 7.09. The summed E-state index contributed by atoms with van der Waals surface area (Å²) in [6, 6.07) is 130. The summed E-state index contributed by atoms with van der Waals surface area (Å²) in [5, 5.41) is 4.83. The van der Waals surface area contributed by atoms with Gasteiger partial charge >= 0.3 is 0 Å². The Morgan fingerprint density at radius 2 is 0.412 bits per heavy atom. The van der Waals surface area contributed by atoms with Crippen molar-refractivity contribution >= 4 is 72.7 Å². The molecule has 0 saturated carbocycles. The lowest BCUT2D eigenvalue weighted by atomic mass is 9.65. The van der Waals surface area contributed by atoms with Crippen molar-refractivity contribution in [3.05, 3.63) is 380 Å². The lowest BCUT2D eigenvalue weighted by molar-refractivity contribution is 0.745. The van der Waals surface area contributed by atoms with E-state index in [1.165, 1.54) is 43.8 Å². The summed E-state index contributed by atoms with van der Waals surface area (Å²) < 4.78 is 0. The highest BCUT2D eigenvalue weighted by atomic mass is 15.2. The molecule has 3 nitrogen and oxygen atoms in total. The highest BCUT2D eigenvalue weighted by molar-refractivity contribution is 6.00. The predicted molar refractivity (Wildman–Crippen MR) is 361 cm³/mol. The minimum Gasteiger partial charge on any atom is -0.311 e. The molecule has 0 radical (unpaired) electrons. The molecule has 0 fully saturated rings. The van der Waals surface area contributed by atoms with Crippen LogP contribution in [0.5, 0.6) is 0 Å². The summed E-state index contributed by atoms with van der Waals surface area (Å²) in [7, 11) is 0. The lowest BCUT2D eigenvalue weighted by Gasteiger charge is -2.37. The van der Waals surface area contributed by atoms with Gasteiger partial charge in [0.1, 0.15) is 0 Å². The van der Waals surface area contributed by atoms with Gasteiger partial charge in [0.2, 0.25) is 0 Å². The first-order valence-electron chi connectivity index (χ1n) is 28.8. The third-order valence-electron chi connectivity index (χ3n) is 16.4. The molecular formula is C82H63N3. The zero-order chi connectivity index (χ0) is 56.1. The van der Waals surface area contributed by atoms with Crippen LogP contribution in [0.2, 0.25) is 0 Å². The number of hydrogen-bond acceptors (Lipinski definition) is 3. The Morgan fingerprint density at radius 3 is 0.741 bits per heavy atom. The normalized spacial score (nSPS) is 11.2. The highest BCUT2D eigenvalue weighted by Gasteiger charge is 2.38. The fourth-order valence-electron chi connectivity index (χ4n) is 12.4. The molecule has 0 unspecified atom stereocenters. The molecule has 14 aromatic rings. The average molecular weight is 1090 g/mol. The molecule has 0 bridgehead atoms. The van der Waals surface area contributed by atoms with Gasteiger partial charge in [0.05, 0.1) is 16.8 Å². The van der Waals surface area contributed by atoms with Crippen LogP contribution in [0.25, 0.3) is 43.8 Å². The molecule has 3 heteroatoms. The van der Waals surface area contributed by atoms with Gasteiger partial charge in [0, 0.05) is 50.6 Å². The lowest BCUT2D eigenvalue weighted by Crippen LogP contribution is -2.31. The topological polar surface area (TPSA) is 9.72 Å². The third kappa shape index (κ3) is 10.3. The van der Waals surface area contributed by atoms with Crippen molar-refractivity contribution in [2.75, 3.05) is 14.7 Å². The summed E-state index contributed by atoms with van der Waals surface area (Å²) in [5.41, 5.74) is 18.7. The Labute approximate surface area is 499 Å². The molecule has 0 N–H and O–H groups in total. The quantitative estimate of drug-likeness (QED) is 0.0948. The molecule has 0 aliphatic heterocycles. The van der Waals surface area contributed by atoms with E-state index in [1.807, 2.05) is 0 Å². The minimum atomic E-state index is -0.568. The van der Waals surface area contributed by atoms with E-state index in [4.69, 9.17) is 0 Å². The Morgan fingerprint density at radius 1 is 0.176 bits per heavy atom. The first-order chi connectivity index (χ1) is 41.7. The van der Waals surface area contributed by atoms with E-state index in [9.17, 15) is 0 Å². The van der Waals surface area contributed by atoms with Gasteiger partial charge in [-0.25, -0.2) is 0 Å². The Kier molecular flexibility index (Phi) is 15.0. The zero-order valence-electron chi connectivity index (χ0n) is 46.4. The van der Waals surface area contributed by atoms with Gasteiger partial charge < -0.3 is 14.7 Å². The van der Waals surface area contributed by atoms with Crippen LogP contribution in [-0.2, 0) is 5.41 Å². The van der Waals surface area contributed by atoms with Gasteiger partial charge in [0.15, 0.2) is 0 Å². The van der Waals surface area contributed by atoms with Crippen molar-refractivity contribution in [1.82, 2.24) is 0 Å². The molecule has 85 heavy (non-hydrogen) atoms. The maximum absolute atomic E-state index is 2.38. The number of hydrogen-bond donors (Lipinski definition) is 0. The highest BCUT2D eigenvalue weighted by Crippen LogP contribution is 2.47. The summed E-state index contributed by atoms with van der Waals surface area (Å²) in [5.74, 6) is 0. The van der Waals surface area contributed by atoms with Crippen LogP contribution in [0.1, 0.15) is 29.7 Å². The molecule has 0 saturated heterocycles. The van der Waals surface area contributed by atoms with E-state index in [2.05, 4.69) is 373 Å². The van der Waals surface area contributed by atoms with Crippen LogP contribution in [-0.4, -0.2) is 0 Å². The van der Waals surface area contributed by atoms with Crippen molar-refractivity contribution < 1.29 is 0 Å². The maximum atomic E-state index is 2.38. The first kappa shape index (κ1) is 53.3. The van der Waals surface area contributed by atoms with Crippen LogP contribution < -0.4 is 14.7 Å². The third-order valence-corrected chi connectivity index (χ3v) is 16.4. The molecule has 14 aromatic carbocycles. The SMILES string of the molecule is C.c1ccc(N(c2ccc(-c3ccc(N(c4ccc(-c5ccc(N(c6ccccc6)c6cccc7ccccc67)cc5)cc4)c4ccc(C(c5ccccc5)(c5ccccc5)c5ccccc5)cc4)cc3)cc2)c2cccc3ccccc23)cc1. The smallest absolute Gasteiger partial charge is 0.0701 e. The largest absolute Gasteiger partial charge is 0.311 e. The van der Waals surface area contributed by atoms with Crippen molar-refractivity contribution in [3.8, 4) is 22.3 Å². The molecule has 0 aliphatic rings. The minimum absolute atomic E-state index is 0. The van der Waals surface area contributed by atoms with Gasteiger partial charge in [0.25, 0.3) is 0 Å². The molecule has 0 aromatic heterocycles. The molecule has 0 amide bonds. The van der Waals surface area contributed by atoms with Crippen molar-refractivity contribution in [3.63, 3.8) is 0 Å². The molecule has 0 heterocycles. The second kappa shape index (κ2) is 23.8. The zero-order valence-corrected chi connectivity index (χ0v) is 46.4. The number of rotatable bonds is 15. The van der Waals surface area contributed by atoms with E-state index in [0.717, 1.165) is 73.4 Å². The first-order valence-corrected chi connectivity index (χ1v) is 28.8. The van der Waals surface area contributed by atoms with Gasteiger partial charge in [-0.05, 0) is 152 Å². The van der Waals surface area contributed by atoms with Crippen molar-refractivity contribution in [1.29, 1.82) is 0 Å². The monoisotopic (exact) mass is 1090 g/mol. The van der Waals surface area contributed by atoms with E-state index in [-0.39, 0.29) is 7.43 Å². The summed E-state index contributed by atoms with van der Waals surface area (Å²) in [6.07, 6.45) is 0. The molecule has 0 spiro atoms. The predicted octanol–water partition coefficient (Wildman–Crippen LogP) is 22.8. The van der Waals surface area contributed by atoms with Gasteiger partial charge in [-0.2, -0.15) is 0 Å². The van der Waals surface area contributed by atoms with Crippen molar-refractivity contribution in [2.45, 2.75) is 12.8 Å². The second-order valence-corrected chi connectivity index (χ2v) is 21.3. The van der Waals surface area contributed by atoms with Crippen LogP contribution in [0.15, 0.2) is 358 Å². The van der Waals surface area contributed by atoms with Crippen molar-refractivity contribution in [2.24, 2.45) is 0 Å². The Bertz CT molecular complexity index is 4160. The van der Waals surface area contributed by atoms with Gasteiger partial charge in [-0.3, -0.25) is 0 Å². The number of benzene rings is 14. The molecule has 0 atom stereocenters. The fourth-order valence-corrected chi connectivity index (χ4v) is 12.4.